The summed E-state index contributed by atoms with van der Waals surface area (Å²) in [5.74, 6) is 0.00287. The van der Waals surface area contributed by atoms with Gasteiger partial charge in [0.25, 0.3) is 0 Å². The second kappa shape index (κ2) is 6.36. The molecular formula is C19H14N2O5. The molecule has 0 bridgehead atoms. The average Bonchev–Trinajstić information content (AvgIpc) is 3.09. The van der Waals surface area contributed by atoms with Crippen LogP contribution in [-0.2, 0) is 11.3 Å². The number of hydrogen-bond acceptors (Lipinski definition) is 6. The van der Waals surface area contributed by atoms with E-state index in [0.29, 0.717) is 27.9 Å². The fourth-order valence-corrected chi connectivity index (χ4v) is 2.71. The number of pyridine rings is 1. The average molecular weight is 350 g/mol. The van der Waals surface area contributed by atoms with E-state index in [1.165, 1.54) is 13.2 Å². The fourth-order valence-electron chi connectivity index (χ4n) is 2.71. The second-order valence-electron chi connectivity index (χ2n) is 5.62. The third-order valence-electron chi connectivity index (χ3n) is 3.97. The van der Waals surface area contributed by atoms with Gasteiger partial charge >= 0.3 is 11.6 Å². The molecule has 0 fully saturated rings. The van der Waals surface area contributed by atoms with Gasteiger partial charge in [-0.15, -0.1) is 0 Å². The Balaban J connectivity index is 1.60. The molecule has 0 radical (unpaired) electrons. The van der Waals surface area contributed by atoms with Crippen molar-refractivity contribution in [3.8, 4) is 5.75 Å². The predicted octanol–water partition coefficient (Wildman–Crippen LogP) is 2.81. The second-order valence-corrected chi connectivity index (χ2v) is 5.62. The van der Waals surface area contributed by atoms with E-state index in [4.69, 9.17) is 13.9 Å². The number of benzene rings is 1. The van der Waals surface area contributed by atoms with Crippen molar-refractivity contribution in [3.05, 3.63) is 76.5 Å². The molecular weight excluding hydrogens is 336 g/mol. The highest BCUT2D eigenvalue weighted by Crippen LogP contribution is 2.23. The highest BCUT2D eigenvalue weighted by Gasteiger charge is 2.14. The molecule has 0 N–H and O–H groups in total. The zero-order valence-electron chi connectivity index (χ0n) is 13.8. The monoisotopic (exact) mass is 350 g/mol. The van der Waals surface area contributed by atoms with Crippen LogP contribution in [-0.4, -0.2) is 22.5 Å². The highest BCUT2D eigenvalue weighted by atomic mass is 16.5. The molecule has 0 spiro atoms. The first-order chi connectivity index (χ1) is 12.6. The zero-order valence-corrected chi connectivity index (χ0v) is 13.8. The van der Waals surface area contributed by atoms with Crippen LogP contribution in [0.3, 0.4) is 0 Å². The van der Waals surface area contributed by atoms with Crippen LogP contribution in [0.15, 0.2) is 64.1 Å². The van der Waals surface area contributed by atoms with Gasteiger partial charge in [-0.25, -0.2) is 14.6 Å². The van der Waals surface area contributed by atoms with Crippen LogP contribution < -0.4 is 10.4 Å². The van der Waals surface area contributed by atoms with Crippen LogP contribution in [0, 0.1) is 0 Å². The van der Waals surface area contributed by atoms with E-state index in [0.717, 1.165) is 0 Å². The number of ether oxygens (including phenoxy) is 2. The first-order valence-electron chi connectivity index (χ1n) is 7.86. The van der Waals surface area contributed by atoms with Crippen molar-refractivity contribution in [1.82, 2.24) is 9.38 Å². The summed E-state index contributed by atoms with van der Waals surface area (Å²) in [6.07, 6.45) is 3.39. The maximum Gasteiger partial charge on any atom is 0.358 e. The number of carbonyl (C=O) groups is 1. The van der Waals surface area contributed by atoms with Gasteiger partial charge in [0.05, 0.1) is 7.11 Å². The molecule has 1 aromatic carbocycles. The van der Waals surface area contributed by atoms with Gasteiger partial charge in [0.15, 0.2) is 5.69 Å². The molecule has 4 aromatic rings. The lowest BCUT2D eigenvalue weighted by molar-refractivity contribution is 0.0467. The first-order valence-corrected chi connectivity index (χ1v) is 7.86. The fraction of sp³-hybridized carbons (Fsp3) is 0.105. The lowest BCUT2D eigenvalue weighted by Gasteiger charge is -2.07. The molecule has 0 amide bonds. The largest absolute Gasteiger partial charge is 0.497 e. The van der Waals surface area contributed by atoms with Crippen LogP contribution in [0.4, 0.5) is 0 Å². The summed E-state index contributed by atoms with van der Waals surface area (Å²) < 4.78 is 17.4. The van der Waals surface area contributed by atoms with Gasteiger partial charge in [-0.3, -0.25) is 0 Å². The van der Waals surface area contributed by atoms with Crippen molar-refractivity contribution in [1.29, 1.82) is 0 Å². The van der Waals surface area contributed by atoms with Crippen LogP contribution in [0.25, 0.3) is 16.6 Å². The van der Waals surface area contributed by atoms with Gasteiger partial charge < -0.3 is 18.3 Å². The summed E-state index contributed by atoms with van der Waals surface area (Å²) in [4.78, 5) is 28.3. The number of carbonyl (C=O) groups excluding carboxylic acids is 1. The van der Waals surface area contributed by atoms with E-state index < -0.39 is 11.6 Å². The number of fused-ring (bicyclic) bond motifs is 2. The molecule has 0 aliphatic rings. The summed E-state index contributed by atoms with van der Waals surface area (Å²) in [7, 11) is 1.53. The SMILES string of the molecule is COc1ccc2c(COC(=O)c3cn4ccccc4n3)cc(=O)oc2c1. The number of imidazole rings is 1. The van der Waals surface area contributed by atoms with Crippen LogP contribution in [0.1, 0.15) is 16.1 Å². The Labute approximate surface area is 147 Å². The topological polar surface area (TPSA) is 83.0 Å². The van der Waals surface area contributed by atoms with Crippen molar-refractivity contribution in [3.63, 3.8) is 0 Å². The predicted molar refractivity (Wildman–Crippen MR) is 93.3 cm³/mol. The third-order valence-corrected chi connectivity index (χ3v) is 3.97. The van der Waals surface area contributed by atoms with Crippen molar-refractivity contribution in [2.45, 2.75) is 6.61 Å². The van der Waals surface area contributed by atoms with E-state index in [2.05, 4.69) is 4.98 Å². The molecule has 4 rings (SSSR count). The summed E-state index contributed by atoms with van der Waals surface area (Å²) in [5, 5.41) is 0.674. The quantitative estimate of drug-likeness (QED) is 0.416. The summed E-state index contributed by atoms with van der Waals surface area (Å²) in [6, 6.07) is 11.9. The molecule has 7 nitrogen and oxygen atoms in total. The van der Waals surface area contributed by atoms with Gasteiger partial charge in [-0.1, -0.05) is 6.07 Å². The molecule has 0 atom stereocenters. The first kappa shape index (κ1) is 15.9. The van der Waals surface area contributed by atoms with Crippen molar-refractivity contribution in [2.75, 3.05) is 7.11 Å². The highest BCUT2D eigenvalue weighted by molar-refractivity contribution is 5.88. The number of hydrogen-bond donors (Lipinski definition) is 0. The van der Waals surface area contributed by atoms with Gasteiger partial charge in [0.1, 0.15) is 23.6 Å². The molecule has 0 saturated carbocycles. The minimum atomic E-state index is -0.566. The van der Waals surface area contributed by atoms with Crippen LogP contribution in [0.2, 0.25) is 0 Å². The molecule has 3 heterocycles. The Bertz CT molecular complexity index is 1140. The van der Waals surface area contributed by atoms with Gasteiger partial charge in [0.2, 0.25) is 0 Å². The van der Waals surface area contributed by atoms with E-state index >= 15 is 0 Å². The van der Waals surface area contributed by atoms with Gasteiger partial charge in [-0.05, 0) is 24.3 Å². The van der Waals surface area contributed by atoms with E-state index in [1.807, 2.05) is 12.1 Å². The Hall–Kier alpha value is -3.61. The number of esters is 1. The van der Waals surface area contributed by atoms with Crippen molar-refractivity contribution in [2.24, 2.45) is 0 Å². The number of aromatic nitrogens is 2. The summed E-state index contributed by atoms with van der Waals surface area (Å²) in [6.45, 7) is -0.0683. The Morgan fingerprint density at radius 2 is 2.12 bits per heavy atom. The normalized spacial score (nSPS) is 11.0. The minimum Gasteiger partial charge on any atom is -0.497 e. The van der Waals surface area contributed by atoms with E-state index in [9.17, 15) is 9.59 Å². The number of rotatable bonds is 4. The number of nitrogens with zero attached hydrogens (tertiary/aromatic N) is 2. The van der Waals surface area contributed by atoms with E-state index in [1.54, 1.807) is 41.1 Å². The van der Waals surface area contributed by atoms with Gasteiger partial charge in [-0.2, -0.15) is 0 Å². The molecule has 3 aromatic heterocycles. The van der Waals surface area contributed by atoms with E-state index in [-0.39, 0.29) is 12.3 Å². The van der Waals surface area contributed by atoms with Crippen LogP contribution >= 0.6 is 0 Å². The number of methoxy groups -OCH3 is 1. The molecule has 0 unspecified atom stereocenters. The summed E-state index contributed by atoms with van der Waals surface area (Å²) in [5.41, 5.74) is 1.25. The standard InChI is InChI=1S/C19H14N2O5/c1-24-13-5-6-14-12(8-18(22)26-16(14)9-13)11-25-19(23)15-10-21-7-3-2-4-17(21)20-15/h2-10H,11H2,1H3. The maximum absolute atomic E-state index is 12.3. The molecule has 130 valence electrons. The molecule has 7 heteroatoms. The smallest absolute Gasteiger partial charge is 0.358 e. The Kier molecular flexibility index (Phi) is 3.89. The molecule has 0 aliphatic heterocycles. The Morgan fingerprint density at radius 1 is 1.23 bits per heavy atom. The van der Waals surface area contributed by atoms with Gasteiger partial charge in [0, 0.05) is 35.5 Å². The van der Waals surface area contributed by atoms with Crippen LogP contribution in [0.5, 0.6) is 5.75 Å². The van der Waals surface area contributed by atoms with Crippen molar-refractivity contribution >= 4 is 22.6 Å². The molecule has 0 aliphatic carbocycles. The van der Waals surface area contributed by atoms with Crippen molar-refractivity contribution < 1.29 is 18.7 Å². The lowest BCUT2D eigenvalue weighted by atomic mass is 10.1. The lowest BCUT2D eigenvalue weighted by Crippen LogP contribution is -2.08. The maximum atomic E-state index is 12.3. The zero-order chi connectivity index (χ0) is 18.1. The Morgan fingerprint density at radius 3 is 2.92 bits per heavy atom. The third kappa shape index (κ3) is 2.90. The molecule has 26 heavy (non-hydrogen) atoms. The summed E-state index contributed by atoms with van der Waals surface area (Å²) >= 11 is 0. The minimum absolute atomic E-state index is 0.0683. The molecule has 0 saturated heterocycles.